The van der Waals surface area contributed by atoms with Crippen molar-refractivity contribution in [3.8, 4) is 6.07 Å². The second-order valence-electron chi connectivity index (χ2n) is 5.92. The van der Waals surface area contributed by atoms with Crippen LogP contribution in [-0.2, 0) is 9.59 Å². The number of rotatable bonds is 5. The van der Waals surface area contributed by atoms with Crippen molar-refractivity contribution < 1.29 is 9.59 Å². The Kier molecular flexibility index (Phi) is 5.91. The van der Waals surface area contributed by atoms with Crippen molar-refractivity contribution in [2.45, 2.75) is 27.2 Å². The van der Waals surface area contributed by atoms with Crippen LogP contribution in [0.5, 0.6) is 0 Å². The Morgan fingerprint density at radius 1 is 1.16 bits per heavy atom. The molecule has 128 valence electrons. The average molecular weight is 335 g/mol. The second kappa shape index (κ2) is 8.11. The Balaban J connectivity index is 2.09. The predicted octanol–water partition coefficient (Wildman–Crippen LogP) is 3.56. The molecule has 0 spiro atoms. The summed E-state index contributed by atoms with van der Waals surface area (Å²) in [6.07, 6.45) is 0.146. The highest BCUT2D eigenvalue weighted by molar-refractivity contribution is 5.96. The Labute approximate surface area is 147 Å². The van der Waals surface area contributed by atoms with Crippen LogP contribution in [0.1, 0.15) is 30.0 Å². The number of carbonyl (C=O) groups is 2. The van der Waals surface area contributed by atoms with E-state index in [1.54, 1.807) is 24.3 Å². The van der Waals surface area contributed by atoms with Crippen LogP contribution in [0.4, 0.5) is 11.4 Å². The molecule has 2 rings (SSSR count). The highest BCUT2D eigenvalue weighted by Crippen LogP contribution is 2.21. The van der Waals surface area contributed by atoms with E-state index < -0.39 is 0 Å². The molecule has 0 bridgehead atoms. The van der Waals surface area contributed by atoms with Crippen LogP contribution in [-0.4, -0.2) is 18.4 Å². The third kappa shape index (κ3) is 4.67. The van der Waals surface area contributed by atoms with E-state index in [0.29, 0.717) is 11.3 Å². The summed E-state index contributed by atoms with van der Waals surface area (Å²) >= 11 is 0. The Bertz CT molecular complexity index is 837. The fraction of sp³-hybridized carbons (Fsp3) is 0.250. The molecule has 2 aromatic carbocycles. The van der Waals surface area contributed by atoms with Crippen molar-refractivity contribution in [2.24, 2.45) is 0 Å². The number of benzene rings is 2. The molecule has 25 heavy (non-hydrogen) atoms. The lowest BCUT2D eigenvalue weighted by Gasteiger charge is -2.22. The van der Waals surface area contributed by atoms with E-state index in [1.807, 2.05) is 32.0 Å². The van der Waals surface area contributed by atoms with Crippen LogP contribution in [0.2, 0.25) is 0 Å². The molecular formula is C20H21N3O2. The minimum Gasteiger partial charge on any atom is -0.326 e. The Morgan fingerprint density at radius 3 is 2.56 bits per heavy atom. The van der Waals surface area contributed by atoms with Crippen LogP contribution in [0, 0.1) is 25.2 Å². The van der Waals surface area contributed by atoms with E-state index in [4.69, 9.17) is 0 Å². The molecule has 2 amide bonds. The van der Waals surface area contributed by atoms with E-state index >= 15 is 0 Å². The Hall–Kier alpha value is -3.13. The normalized spacial score (nSPS) is 10.0. The van der Waals surface area contributed by atoms with E-state index in [2.05, 4.69) is 11.4 Å². The molecule has 0 radical (unpaired) electrons. The van der Waals surface area contributed by atoms with Gasteiger partial charge in [-0.05, 0) is 43.2 Å². The molecule has 0 aliphatic heterocycles. The summed E-state index contributed by atoms with van der Waals surface area (Å²) < 4.78 is 0. The number of hydrogen-bond acceptors (Lipinski definition) is 3. The van der Waals surface area contributed by atoms with Crippen LogP contribution in [0.3, 0.4) is 0 Å². The number of aryl methyl sites for hydroxylation is 2. The van der Waals surface area contributed by atoms with E-state index in [1.165, 1.54) is 11.8 Å². The molecular weight excluding hydrogens is 314 g/mol. The summed E-state index contributed by atoms with van der Waals surface area (Å²) in [5, 5.41) is 12.1. The van der Waals surface area contributed by atoms with Crippen LogP contribution in [0.25, 0.3) is 0 Å². The first-order valence-electron chi connectivity index (χ1n) is 8.06. The third-order valence-electron chi connectivity index (χ3n) is 3.93. The molecule has 0 saturated heterocycles. The van der Waals surface area contributed by atoms with Gasteiger partial charge in [0.05, 0.1) is 11.3 Å². The van der Waals surface area contributed by atoms with Crippen molar-refractivity contribution in [3.05, 3.63) is 59.2 Å². The topological polar surface area (TPSA) is 73.2 Å². The fourth-order valence-electron chi connectivity index (χ4n) is 2.55. The molecule has 5 heteroatoms. The molecule has 5 nitrogen and oxygen atoms in total. The van der Waals surface area contributed by atoms with Gasteiger partial charge in [-0.2, -0.15) is 5.26 Å². The van der Waals surface area contributed by atoms with Crippen LogP contribution < -0.4 is 10.2 Å². The zero-order valence-electron chi connectivity index (χ0n) is 14.7. The quantitative estimate of drug-likeness (QED) is 0.908. The molecule has 0 fully saturated rings. The number of amides is 2. The smallest absolute Gasteiger partial charge is 0.226 e. The Morgan fingerprint density at radius 2 is 1.88 bits per heavy atom. The van der Waals surface area contributed by atoms with Gasteiger partial charge in [-0.15, -0.1) is 0 Å². The molecule has 0 saturated carbocycles. The van der Waals surface area contributed by atoms with Gasteiger partial charge in [-0.1, -0.05) is 24.3 Å². The monoisotopic (exact) mass is 335 g/mol. The van der Waals surface area contributed by atoms with Crippen LogP contribution in [0.15, 0.2) is 42.5 Å². The summed E-state index contributed by atoms with van der Waals surface area (Å²) in [6.45, 7) is 5.53. The SMILES string of the molecule is CC(=O)N(CCC(=O)Nc1cc(C)ccc1C)c1ccccc1C#N. The van der Waals surface area contributed by atoms with Gasteiger partial charge in [0, 0.05) is 25.6 Å². The maximum atomic E-state index is 12.3. The maximum Gasteiger partial charge on any atom is 0.226 e. The lowest BCUT2D eigenvalue weighted by Crippen LogP contribution is -2.32. The zero-order chi connectivity index (χ0) is 18.4. The molecule has 0 aliphatic rings. The van der Waals surface area contributed by atoms with Gasteiger partial charge in [-0.25, -0.2) is 0 Å². The van der Waals surface area contributed by atoms with Crippen LogP contribution >= 0.6 is 0 Å². The summed E-state index contributed by atoms with van der Waals surface area (Å²) in [7, 11) is 0. The first-order valence-corrected chi connectivity index (χ1v) is 8.06. The van der Waals surface area contributed by atoms with Gasteiger partial charge in [-0.3, -0.25) is 9.59 Å². The van der Waals surface area contributed by atoms with Crippen molar-refractivity contribution in [1.82, 2.24) is 0 Å². The predicted molar refractivity (Wildman–Crippen MR) is 98.3 cm³/mol. The largest absolute Gasteiger partial charge is 0.326 e. The van der Waals surface area contributed by atoms with Gasteiger partial charge >= 0.3 is 0 Å². The number of para-hydroxylation sites is 1. The molecule has 0 heterocycles. The number of nitrogens with zero attached hydrogens (tertiary/aromatic N) is 2. The summed E-state index contributed by atoms with van der Waals surface area (Å²) in [5.74, 6) is -0.378. The summed E-state index contributed by atoms with van der Waals surface area (Å²) in [5.41, 5.74) is 3.76. The molecule has 0 aliphatic carbocycles. The number of carbonyl (C=O) groups excluding carboxylic acids is 2. The number of anilines is 2. The number of nitrogens with one attached hydrogen (secondary N) is 1. The summed E-state index contributed by atoms with van der Waals surface area (Å²) in [6, 6.07) is 14.8. The average Bonchev–Trinajstić information content (AvgIpc) is 2.58. The highest BCUT2D eigenvalue weighted by atomic mass is 16.2. The van der Waals surface area contributed by atoms with Crippen molar-refractivity contribution in [1.29, 1.82) is 5.26 Å². The second-order valence-corrected chi connectivity index (χ2v) is 5.92. The molecule has 1 N–H and O–H groups in total. The number of nitriles is 1. The minimum atomic E-state index is -0.206. The van der Waals surface area contributed by atoms with Crippen molar-refractivity contribution in [2.75, 3.05) is 16.8 Å². The van der Waals surface area contributed by atoms with Gasteiger partial charge in [0.1, 0.15) is 6.07 Å². The van der Waals surface area contributed by atoms with Gasteiger partial charge < -0.3 is 10.2 Å². The van der Waals surface area contributed by atoms with Gasteiger partial charge in [0.15, 0.2) is 0 Å². The third-order valence-corrected chi connectivity index (χ3v) is 3.93. The first kappa shape index (κ1) is 18.2. The fourth-order valence-corrected chi connectivity index (χ4v) is 2.55. The van der Waals surface area contributed by atoms with E-state index in [9.17, 15) is 14.9 Å². The van der Waals surface area contributed by atoms with Gasteiger partial charge in [0.2, 0.25) is 11.8 Å². The molecule has 2 aromatic rings. The van der Waals surface area contributed by atoms with E-state index in [0.717, 1.165) is 16.8 Å². The lowest BCUT2D eigenvalue weighted by molar-refractivity contribution is -0.117. The zero-order valence-corrected chi connectivity index (χ0v) is 14.7. The number of hydrogen-bond donors (Lipinski definition) is 1. The summed E-state index contributed by atoms with van der Waals surface area (Å²) in [4.78, 5) is 25.7. The maximum absolute atomic E-state index is 12.3. The van der Waals surface area contributed by atoms with Crippen molar-refractivity contribution in [3.63, 3.8) is 0 Å². The highest BCUT2D eigenvalue weighted by Gasteiger charge is 2.16. The molecule has 0 atom stereocenters. The molecule has 0 aromatic heterocycles. The lowest BCUT2D eigenvalue weighted by atomic mass is 10.1. The first-order chi connectivity index (χ1) is 11.9. The molecule has 0 unspecified atom stereocenters. The van der Waals surface area contributed by atoms with Crippen molar-refractivity contribution >= 4 is 23.2 Å². The van der Waals surface area contributed by atoms with Gasteiger partial charge in [0.25, 0.3) is 0 Å². The standard InChI is InChI=1S/C20H21N3O2/c1-14-8-9-15(2)18(12-14)22-20(25)10-11-23(16(3)24)19-7-5-4-6-17(19)13-21/h4-9,12H,10-11H2,1-3H3,(H,22,25). The minimum absolute atomic E-state index is 0.146. The van der Waals surface area contributed by atoms with E-state index in [-0.39, 0.29) is 24.8 Å².